The Hall–Kier alpha value is -3.54. The second kappa shape index (κ2) is 10.9. The average Bonchev–Trinajstić information content (AvgIpc) is 3.16. The molecule has 4 aromatic rings. The SMILES string of the molecule is O=C(c1ccc(S(=O)(=O)N2CCCCCC2)cc1)N(Cc1cccnc1)c1nc2cc3c(cc2s1)OCCO3. The number of amides is 1. The van der Waals surface area contributed by atoms with Crippen molar-refractivity contribution in [2.75, 3.05) is 31.2 Å². The number of hydrogen-bond donors (Lipinski definition) is 0. The van der Waals surface area contributed by atoms with Gasteiger partial charge in [-0.3, -0.25) is 14.7 Å². The lowest BCUT2D eigenvalue weighted by atomic mass is 10.2. The van der Waals surface area contributed by atoms with E-state index in [0.717, 1.165) is 35.9 Å². The van der Waals surface area contributed by atoms with Gasteiger partial charge in [-0.05, 0) is 48.7 Å². The van der Waals surface area contributed by atoms with Crippen LogP contribution in [-0.4, -0.2) is 54.9 Å². The predicted octanol–water partition coefficient (Wildman–Crippen LogP) is 4.87. The largest absolute Gasteiger partial charge is 0.486 e. The molecule has 2 aromatic heterocycles. The molecule has 0 saturated carbocycles. The molecule has 0 bridgehead atoms. The summed E-state index contributed by atoms with van der Waals surface area (Å²) in [4.78, 5) is 24.6. The van der Waals surface area contributed by atoms with Gasteiger partial charge in [-0.2, -0.15) is 4.31 Å². The van der Waals surface area contributed by atoms with Gasteiger partial charge in [0.05, 0.1) is 21.7 Å². The Kier molecular flexibility index (Phi) is 7.20. The van der Waals surface area contributed by atoms with Crippen LogP contribution in [0.3, 0.4) is 0 Å². The summed E-state index contributed by atoms with van der Waals surface area (Å²) in [6.07, 6.45) is 7.21. The van der Waals surface area contributed by atoms with E-state index >= 15 is 0 Å². The van der Waals surface area contributed by atoms with E-state index in [1.165, 1.54) is 23.5 Å². The number of aromatic nitrogens is 2. The first-order chi connectivity index (χ1) is 19.0. The fourth-order valence-electron chi connectivity index (χ4n) is 4.83. The lowest BCUT2D eigenvalue weighted by Gasteiger charge is -2.21. The molecule has 4 heterocycles. The molecule has 202 valence electrons. The maximum atomic E-state index is 13.9. The van der Waals surface area contributed by atoms with E-state index in [9.17, 15) is 13.2 Å². The fourth-order valence-corrected chi connectivity index (χ4v) is 7.32. The van der Waals surface area contributed by atoms with E-state index in [0.29, 0.717) is 54.0 Å². The first kappa shape index (κ1) is 25.7. The van der Waals surface area contributed by atoms with Crippen LogP contribution in [0.1, 0.15) is 41.6 Å². The van der Waals surface area contributed by atoms with Gasteiger partial charge in [0, 0.05) is 43.2 Å². The van der Waals surface area contributed by atoms with Gasteiger partial charge >= 0.3 is 0 Å². The van der Waals surface area contributed by atoms with E-state index in [1.54, 1.807) is 33.7 Å². The lowest BCUT2D eigenvalue weighted by molar-refractivity contribution is 0.0985. The zero-order valence-corrected chi connectivity index (χ0v) is 22.9. The third kappa shape index (κ3) is 5.34. The molecule has 0 atom stereocenters. The van der Waals surface area contributed by atoms with Crippen LogP contribution in [0.5, 0.6) is 11.5 Å². The summed E-state index contributed by atoms with van der Waals surface area (Å²) in [5, 5.41) is 0.516. The summed E-state index contributed by atoms with van der Waals surface area (Å²) < 4.78 is 40.3. The summed E-state index contributed by atoms with van der Waals surface area (Å²) in [5.41, 5.74) is 1.93. The molecule has 0 unspecified atom stereocenters. The number of benzene rings is 2. The standard InChI is InChI=1S/C28H28N4O5S2/c33-27(21-7-9-22(10-8-21)39(34,35)31-12-3-1-2-4-13-31)32(19-20-6-5-11-29-18-20)28-30-23-16-24-25(17-26(23)38-28)37-15-14-36-24/h5-11,16-18H,1-4,12-15,19H2. The number of nitrogens with zero attached hydrogens (tertiary/aromatic N) is 4. The summed E-state index contributed by atoms with van der Waals surface area (Å²) in [6, 6.07) is 13.7. The monoisotopic (exact) mass is 564 g/mol. The van der Waals surface area contributed by atoms with E-state index in [-0.39, 0.29) is 17.3 Å². The molecule has 1 fully saturated rings. The summed E-state index contributed by atoms with van der Waals surface area (Å²) in [7, 11) is -3.61. The van der Waals surface area contributed by atoms with Gasteiger partial charge in [-0.1, -0.05) is 30.2 Å². The van der Waals surface area contributed by atoms with Crippen molar-refractivity contribution in [1.82, 2.24) is 14.3 Å². The molecule has 11 heteroatoms. The number of sulfonamides is 1. The summed E-state index contributed by atoms with van der Waals surface area (Å²) in [6.45, 7) is 2.27. The van der Waals surface area contributed by atoms with Crippen LogP contribution < -0.4 is 14.4 Å². The molecule has 2 aromatic carbocycles. The van der Waals surface area contributed by atoms with Gasteiger partial charge in [-0.25, -0.2) is 13.4 Å². The molecule has 0 N–H and O–H groups in total. The van der Waals surface area contributed by atoms with E-state index in [4.69, 9.17) is 14.5 Å². The number of carbonyl (C=O) groups excluding carboxylic acids is 1. The van der Waals surface area contributed by atoms with Crippen molar-refractivity contribution in [2.45, 2.75) is 37.1 Å². The quantitative estimate of drug-likeness (QED) is 0.329. The molecule has 2 aliphatic rings. The topological polar surface area (TPSA) is 102 Å². The number of thiazole rings is 1. The summed E-state index contributed by atoms with van der Waals surface area (Å²) in [5.74, 6) is 1.01. The normalized spacial score (nSPS) is 16.1. The van der Waals surface area contributed by atoms with Crippen molar-refractivity contribution in [3.8, 4) is 11.5 Å². The Morgan fingerprint density at radius 1 is 0.974 bits per heavy atom. The minimum absolute atomic E-state index is 0.199. The molecular weight excluding hydrogens is 536 g/mol. The second-order valence-electron chi connectivity index (χ2n) is 9.56. The van der Waals surface area contributed by atoms with Gasteiger partial charge in [-0.15, -0.1) is 0 Å². The van der Waals surface area contributed by atoms with Gasteiger partial charge in [0.25, 0.3) is 5.91 Å². The van der Waals surface area contributed by atoms with Crippen LogP contribution in [0.4, 0.5) is 5.13 Å². The van der Waals surface area contributed by atoms with Crippen molar-refractivity contribution in [3.05, 3.63) is 72.1 Å². The summed E-state index contributed by atoms with van der Waals surface area (Å²) >= 11 is 1.38. The van der Waals surface area contributed by atoms with Gasteiger partial charge in [0.15, 0.2) is 16.6 Å². The Morgan fingerprint density at radius 3 is 2.38 bits per heavy atom. The van der Waals surface area contributed by atoms with Crippen molar-refractivity contribution in [3.63, 3.8) is 0 Å². The maximum Gasteiger partial charge on any atom is 0.260 e. The number of ether oxygens (including phenoxy) is 2. The van der Waals surface area contributed by atoms with Crippen LogP contribution in [0.15, 0.2) is 65.8 Å². The van der Waals surface area contributed by atoms with Crippen molar-refractivity contribution >= 4 is 42.6 Å². The minimum atomic E-state index is -3.61. The number of rotatable bonds is 6. The number of anilines is 1. The van der Waals surface area contributed by atoms with Gasteiger partial charge < -0.3 is 9.47 Å². The number of pyridine rings is 1. The van der Waals surface area contributed by atoms with E-state index in [1.807, 2.05) is 24.3 Å². The Bertz CT molecular complexity index is 1540. The highest BCUT2D eigenvalue weighted by atomic mass is 32.2. The van der Waals surface area contributed by atoms with Crippen LogP contribution >= 0.6 is 11.3 Å². The van der Waals surface area contributed by atoms with Crippen LogP contribution in [0.25, 0.3) is 10.2 Å². The first-order valence-corrected chi connectivity index (χ1v) is 15.3. The number of carbonyl (C=O) groups is 1. The number of fused-ring (bicyclic) bond motifs is 2. The average molecular weight is 565 g/mol. The van der Waals surface area contributed by atoms with E-state index < -0.39 is 10.0 Å². The van der Waals surface area contributed by atoms with Crippen LogP contribution in [-0.2, 0) is 16.6 Å². The highest BCUT2D eigenvalue weighted by Crippen LogP contribution is 2.39. The van der Waals surface area contributed by atoms with Gasteiger partial charge in [0.1, 0.15) is 13.2 Å². The molecule has 6 rings (SSSR count). The highest BCUT2D eigenvalue weighted by molar-refractivity contribution is 7.89. The van der Waals surface area contributed by atoms with Crippen LogP contribution in [0.2, 0.25) is 0 Å². The van der Waals surface area contributed by atoms with E-state index in [2.05, 4.69) is 4.98 Å². The number of hydrogen-bond acceptors (Lipinski definition) is 8. The predicted molar refractivity (Wildman–Crippen MR) is 149 cm³/mol. The Labute approximate surface area is 231 Å². The Morgan fingerprint density at radius 2 is 1.69 bits per heavy atom. The molecule has 0 spiro atoms. The molecule has 9 nitrogen and oxygen atoms in total. The second-order valence-corrected chi connectivity index (χ2v) is 12.5. The van der Waals surface area contributed by atoms with Crippen molar-refractivity contribution in [1.29, 1.82) is 0 Å². The third-order valence-electron chi connectivity index (χ3n) is 6.88. The maximum absolute atomic E-state index is 13.9. The molecular formula is C28H28N4O5S2. The molecule has 1 amide bonds. The fraction of sp³-hybridized carbons (Fsp3) is 0.321. The van der Waals surface area contributed by atoms with Crippen LogP contribution in [0, 0.1) is 0 Å². The Balaban J connectivity index is 1.32. The molecule has 0 radical (unpaired) electrons. The minimum Gasteiger partial charge on any atom is -0.486 e. The van der Waals surface area contributed by atoms with Crippen molar-refractivity contribution in [2.24, 2.45) is 0 Å². The smallest absolute Gasteiger partial charge is 0.260 e. The highest BCUT2D eigenvalue weighted by Gasteiger charge is 2.27. The zero-order chi connectivity index (χ0) is 26.8. The molecule has 1 saturated heterocycles. The van der Waals surface area contributed by atoms with Crippen molar-refractivity contribution < 1.29 is 22.7 Å². The first-order valence-electron chi connectivity index (χ1n) is 13.0. The molecule has 39 heavy (non-hydrogen) atoms. The third-order valence-corrected chi connectivity index (χ3v) is 9.84. The lowest BCUT2D eigenvalue weighted by Crippen LogP contribution is -2.32. The zero-order valence-electron chi connectivity index (χ0n) is 21.3. The molecule has 2 aliphatic heterocycles. The van der Waals surface area contributed by atoms with Gasteiger partial charge in [0.2, 0.25) is 10.0 Å². The molecule has 0 aliphatic carbocycles.